The highest BCUT2D eigenvalue weighted by molar-refractivity contribution is 5.88. The van der Waals surface area contributed by atoms with Crippen LogP contribution in [0.4, 0.5) is 4.79 Å². The van der Waals surface area contributed by atoms with E-state index in [0.717, 1.165) is 24.8 Å². The molecule has 0 aliphatic carbocycles. The molecule has 0 aliphatic heterocycles. The molecule has 0 spiro atoms. The molecule has 0 aliphatic rings. The Labute approximate surface area is 198 Å². The zero-order chi connectivity index (χ0) is 24.9. The zero-order valence-corrected chi connectivity index (χ0v) is 20.9. The summed E-state index contributed by atoms with van der Waals surface area (Å²) in [5.74, 6) is -0.700. The van der Waals surface area contributed by atoms with Gasteiger partial charge in [0.15, 0.2) is 0 Å². The molecule has 0 fully saturated rings. The third kappa shape index (κ3) is 12.9. The van der Waals surface area contributed by atoms with Crippen LogP contribution in [-0.4, -0.2) is 48.7 Å². The Bertz CT molecular complexity index is 731. The molecular weight excluding hydrogens is 422 g/mol. The molecule has 1 rings (SSSR count). The van der Waals surface area contributed by atoms with Gasteiger partial charge in [0, 0.05) is 19.0 Å². The Hall–Kier alpha value is -2.61. The Morgan fingerprint density at radius 1 is 0.879 bits per heavy atom. The minimum Gasteiger partial charge on any atom is -0.444 e. The molecule has 33 heavy (non-hydrogen) atoms. The first-order chi connectivity index (χ1) is 15.5. The summed E-state index contributed by atoms with van der Waals surface area (Å²) >= 11 is 0. The minimum atomic E-state index is -0.780. The number of ether oxygens (including phenoxy) is 2. The van der Waals surface area contributed by atoms with Crippen molar-refractivity contribution in [2.24, 2.45) is 5.92 Å². The van der Waals surface area contributed by atoms with Crippen LogP contribution in [0, 0.1) is 5.92 Å². The van der Waals surface area contributed by atoms with Crippen LogP contribution in [-0.2, 0) is 25.7 Å². The second kappa shape index (κ2) is 14.5. The van der Waals surface area contributed by atoms with Gasteiger partial charge in [-0.2, -0.15) is 0 Å². The maximum Gasteiger partial charge on any atom is 0.407 e. The summed E-state index contributed by atoms with van der Waals surface area (Å²) in [6.07, 6.45) is 1.44. The fraction of sp³-hybridized carbons (Fsp3) is 0.640. The Morgan fingerprint density at radius 2 is 1.48 bits per heavy atom. The normalized spacial score (nSPS) is 13.2. The van der Waals surface area contributed by atoms with Crippen LogP contribution in [0.2, 0.25) is 0 Å². The maximum atomic E-state index is 12.8. The molecule has 8 nitrogen and oxygen atoms in total. The van der Waals surface area contributed by atoms with E-state index < -0.39 is 23.8 Å². The molecule has 2 unspecified atom stereocenters. The Kier molecular flexibility index (Phi) is 12.5. The number of carbonyl (C=O) groups is 3. The minimum absolute atomic E-state index is 0.196. The number of alkyl carbamates (subject to hydrolysis) is 1. The standard InChI is InChI=1S/C25H41N3O5/c1-18(2)22(29)28-21(19(3)32-17-20-13-9-7-10-14-20)23(30)26-15-11-8-12-16-27-24(31)33-25(4,5)6/h7,9-10,13-14,18-19,21H,8,11-12,15-17H2,1-6H3,(H,26,30)(H,27,31)(H,28,29). The lowest BCUT2D eigenvalue weighted by Gasteiger charge is -2.25. The Balaban J connectivity index is 2.42. The second-order valence-corrected chi connectivity index (χ2v) is 9.42. The number of unbranched alkanes of at least 4 members (excludes halogenated alkanes) is 2. The van der Waals surface area contributed by atoms with E-state index in [1.165, 1.54) is 0 Å². The van der Waals surface area contributed by atoms with Gasteiger partial charge in [-0.15, -0.1) is 0 Å². The zero-order valence-electron chi connectivity index (χ0n) is 20.9. The highest BCUT2D eigenvalue weighted by Gasteiger charge is 2.28. The van der Waals surface area contributed by atoms with Crippen molar-refractivity contribution in [1.29, 1.82) is 0 Å². The number of amides is 3. The average molecular weight is 464 g/mol. The summed E-state index contributed by atoms with van der Waals surface area (Å²) in [7, 11) is 0. The van der Waals surface area contributed by atoms with Gasteiger partial charge in [0.1, 0.15) is 11.6 Å². The molecule has 2 atom stereocenters. The number of benzene rings is 1. The van der Waals surface area contributed by atoms with Gasteiger partial charge < -0.3 is 25.4 Å². The topological polar surface area (TPSA) is 106 Å². The maximum absolute atomic E-state index is 12.8. The molecule has 1 aromatic carbocycles. The van der Waals surface area contributed by atoms with Crippen molar-refractivity contribution < 1.29 is 23.9 Å². The van der Waals surface area contributed by atoms with Gasteiger partial charge in [0.25, 0.3) is 0 Å². The van der Waals surface area contributed by atoms with E-state index in [2.05, 4.69) is 16.0 Å². The van der Waals surface area contributed by atoms with Gasteiger partial charge in [-0.25, -0.2) is 4.79 Å². The lowest BCUT2D eigenvalue weighted by Crippen LogP contribution is -2.54. The van der Waals surface area contributed by atoms with Gasteiger partial charge in [-0.05, 0) is 52.5 Å². The number of hydrogen-bond donors (Lipinski definition) is 3. The third-order valence-corrected chi connectivity index (χ3v) is 4.75. The molecule has 0 bridgehead atoms. The van der Waals surface area contributed by atoms with Crippen molar-refractivity contribution in [1.82, 2.24) is 16.0 Å². The van der Waals surface area contributed by atoms with Crippen molar-refractivity contribution in [2.45, 2.75) is 85.2 Å². The summed E-state index contributed by atoms with van der Waals surface area (Å²) in [4.78, 5) is 36.6. The summed E-state index contributed by atoms with van der Waals surface area (Å²) in [6.45, 7) is 12.2. The number of nitrogens with one attached hydrogen (secondary N) is 3. The number of carbonyl (C=O) groups excluding carboxylic acids is 3. The van der Waals surface area contributed by atoms with E-state index in [1.54, 1.807) is 20.8 Å². The summed E-state index contributed by atoms with van der Waals surface area (Å²) in [6, 6.07) is 8.91. The molecule has 3 N–H and O–H groups in total. The van der Waals surface area contributed by atoms with Crippen LogP contribution in [0.15, 0.2) is 30.3 Å². The predicted molar refractivity (Wildman–Crippen MR) is 129 cm³/mol. The fourth-order valence-corrected chi connectivity index (χ4v) is 2.87. The van der Waals surface area contributed by atoms with Crippen LogP contribution < -0.4 is 16.0 Å². The van der Waals surface area contributed by atoms with E-state index in [-0.39, 0.29) is 17.7 Å². The van der Waals surface area contributed by atoms with Crippen LogP contribution in [0.1, 0.15) is 66.4 Å². The quantitative estimate of drug-likeness (QED) is 0.388. The highest BCUT2D eigenvalue weighted by Crippen LogP contribution is 2.08. The van der Waals surface area contributed by atoms with Crippen molar-refractivity contribution in [3.05, 3.63) is 35.9 Å². The first kappa shape index (κ1) is 28.4. The molecular formula is C25H41N3O5. The lowest BCUT2D eigenvalue weighted by atomic mass is 10.1. The van der Waals surface area contributed by atoms with Crippen LogP contribution in [0.25, 0.3) is 0 Å². The second-order valence-electron chi connectivity index (χ2n) is 9.42. The van der Waals surface area contributed by atoms with Crippen LogP contribution in [0.5, 0.6) is 0 Å². The van der Waals surface area contributed by atoms with E-state index in [9.17, 15) is 14.4 Å². The predicted octanol–water partition coefficient (Wildman–Crippen LogP) is 3.54. The van der Waals surface area contributed by atoms with Gasteiger partial charge in [-0.3, -0.25) is 9.59 Å². The third-order valence-electron chi connectivity index (χ3n) is 4.75. The molecule has 3 amide bonds. The lowest BCUT2D eigenvalue weighted by molar-refractivity contribution is -0.134. The summed E-state index contributed by atoms with van der Waals surface area (Å²) in [5, 5.41) is 8.42. The van der Waals surface area contributed by atoms with Crippen molar-refractivity contribution in [3.8, 4) is 0 Å². The average Bonchev–Trinajstić information content (AvgIpc) is 2.74. The molecule has 8 heteroatoms. The summed E-state index contributed by atoms with van der Waals surface area (Å²) in [5.41, 5.74) is 0.483. The van der Waals surface area contributed by atoms with Crippen molar-refractivity contribution in [3.63, 3.8) is 0 Å². The van der Waals surface area contributed by atoms with Gasteiger partial charge in [-0.1, -0.05) is 44.2 Å². The molecule has 0 aromatic heterocycles. The van der Waals surface area contributed by atoms with E-state index in [4.69, 9.17) is 9.47 Å². The smallest absolute Gasteiger partial charge is 0.407 e. The molecule has 186 valence electrons. The van der Waals surface area contributed by atoms with E-state index in [1.807, 2.05) is 51.1 Å². The van der Waals surface area contributed by atoms with Crippen molar-refractivity contribution in [2.75, 3.05) is 13.1 Å². The van der Waals surface area contributed by atoms with E-state index >= 15 is 0 Å². The molecule has 0 saturated carbocycles. The first-order valence-electron chi connectivity index (χ1n) is 11.7. The Morgan fingerprint density at radius 3 is 2.06 bits per heavy atom. The van der Waals surface area contributed by atoms with Gasteiger partial charge in [0.2, 0.25) is 11.8 Å². The molecule has 0 heterocycles. The molecule has 0 saturated heterocycles. The highest BCUT2D eigenvalue weighted by atomic mass is 16.6. The molecule has 0 radical (unpaired) electrons. The van der Waals surface area contributed by atoms with Crippen LogP contribution in [0.3, 0.4) is 0 Å². The van der Waals surface area contributed by atoms with E-state index in [0.29, 0.717) is 19.7 Å². The monoisotopic (exact) mass is 463 g/mol. The SMILES string of the molecule is CC(C)C(=O)NC(C(=O)NCCCCCNC(=O)OC(C)(C)C)C(C)OCc1ccccc1. The summed E-state index contributed by atoms with van der Waals surface area (Å²) < 4.78 is 11.1. The number of hydrogen-bond acceptors (Lipinski definition) is 5. The largest absolute Gasteiger partial charge is 0.444 e. The van der Waals surface area contributed by atoms with Gasteiger partial charge in [0.05, 0.1) is 12.7 Å². The fourth-order valence-electron chi connectivity index (χ4n) is 2.87. The van der Waals surface area contributed by atoms with Crippen LogP contribution >= 0.6 is 0 Å². The van der Waals surface area contributed by atoms with Gasteiger partial charge >= 0.3 is 6.09 Å². The molecule has 1 aromatic rings. The first-order valence-corrected chi connectivity index (χ1v) is 11.7. The number of rotatable bonds is 13. The van der Waals surface area contributed by atoms with Crippen molar-refractivity contribution >= 4 is 17.9 Å².